The molecule has 0 amide bonds. The average molecular weight is 362 g/mol. The molecule has 0 unspecified atom stereocenters. The van der Waals surface area contributed by atoms with Crippen molar-refractivity contribution in [1.82, 2.24) is 4.90 Å². The summed E-state index contributed by atoms with van der Waals surface area (Å²) >= 11 is 0. The van der Waals surface area contributed by atoms with Crippen molar-refractivity contribution in [3.8, 4) is 11.5 Å². The van der Waals surface area contributed by atoms with Gasteiger partial charge in [0.2, 0.25) is 0 Å². The van der Waals surface area contributed by atoms with E-state index < -0.39 is 0 Å². The summed E-state index contributed by atoms with van der Waals surface area (Å²) in [4.78, 5) is 2.47. The number of nitrogens with zero attached hydrogens (tertiary/aromatic N) is 1. The molecular formula is C22H22N2O3. The Morgan fingerprint density at radius 1 is 1.00 bits per heavy atom. The first-order chi connectivity index (χ1) is 13.3. The van der Waals surface area contributed by atoms with E-state index in [0.29, 0.717) is 0 Å². The van der Waals surface area contributed by atoms with E-state index in [9.17, 15) is 0 Å². The van der Waals surface area contributed by atoms with Gasteiger partial charge in [0, 0.05) is 12.2 Å². The Morgan fingerprint density at radius 3 is 2.59 bits per heavy atom. The van der Waals surface area contributed by atoms with Crippen LogP contribution >= 0.6 is 0 Å². The molecule has 0 bridgehead atoms. The maximum absolute atomic E-state index is 5.76. The molecule has 0 aliphatic carbocycles. The van der Waals surface area contributed by atoms with Crippen LogP contribution in [0.15, 0.2) is 59.2 Å². The van der Waals surface area contributed by atoms with Crippen LogP contribution in [-0.4, -0.2) is 25.7 Å². The Morgan fingerprint density at radius 2 is 1.81 bits per heavy atom. The van der Waals surface area contributed by atoms with Gasteiger partial charge in [-0.2, -0.15) is 0 Å². The number of methoxy groups -OCH3 is 2. The maximum atomic E-state index is 5.76. The summed E-state index contributed by atoms with van der Waals surface area (Å²) in [6.45, 7) is 0.930. The summed E-state index contributed by atoms with van der Waals surface area (Å²) in [7, 11) is 3.37. The summed E-state index contributed by atoms with van der Waals surface area (Å²) < 4.78 is 16.9. The Labute approximate surface area is 158 Å². The molecule has 0 radical (unpaired) electrons. The third-order valence-electron chi connectivity index (χ3n) is 5.60. The molecule has 5 rings (SSSR count). The molecule has 5 nitrogen and oxygen atoms in total. The molecule has 3 heterocycles. The molecule has 1 aromatic heterocycles. The molecule has 2 aliphatic rings. The Hall–Kier alpha value is -2.92. The number of fused-ring (bicyclic) bond motifs is 5. The van der Waals surface area contributed by atoms with E-state index in [2.05, 4.69) is 46.6 Å². The first-order valence-corrected chi connectivity index (χ1v) is 9.19. The molecule has 2 aliphatic heterocycles. The fraction of sp³-hybridized carbons (Fsp3) is 0.273. The van der Waals surface area contributed by atoms with Crippen molar-refractivity contribution in [3.05, 3.63) is 77.2 Å². The molecule has 138 valence electrons. The van der Waals surface area contributed by atoms with Gasteiger partial charge in [-0.1, -0.05) is 18.2 Å². The van der Waals surface area contributed by atoms with Gasteiger partial charge in [0.1, 0.15) is 11.9 Å². The minimum atomic E-state index is 0.00106. The molecule has 0 saturated carbocycles. The summed E-state index contributed by atoms with van der Waals surface area (Å²) in [5, 5.41) is 3.66. The number of para-hydroxylation sites is 1. The highest BCUT2D eigenvalue weighted by Crippen LogP contribution is 2.48. The second kappa shape index (κ2) is 6.35. The van der Waals surface area contributed by atoms with Crippen LogP contribution in [0.2, 0.25) is 0 Å². The van der Waals surface area contributed by atoms with Gasteiger partial charge >= 0.3 is 0 Å². The predicted molar refractivity (Wildman–Crippen MR) is 103 cm³/mol. The van der Waals surface area contributed by atoms with E-state index in [1.807, 2.05) is 12.1 Å². The number of ether oxygens (including phenoxy) is 2. The third-order valence-corrected chi connectivity index (χ3v) is 5.60. The highest BCUT2D eigenvalue weighted by atomic mass is 16.5. The zero-order valence-corrected chi connectivity index (χ0v) is 15.4. The second-order valence-corrected chi connectivity index (χ2v) is 6.95. The first kappa shape index (κ1) is 16.3. The number of furan rings is 1. The molecular weight excluding hydrogens is 340 g/mol. The number of rotatable bonds is 3. The number of hydrogen-bond donors (Lipinski definition) is 1. The Bertz CT molecular complexity index is 968. The van der Waals surface area contributed by atoms with Crippen molar-refractivity contribution in [2.24, 2.45) is 0 Å². The average Bonchev–Trinajstić information content (AvgIpc) is 3.26. The first-order valence-electron chi connectivity index (χ1n) is 9.19. The summed E-state index contributed by atoms with van der Waals surface area (Å²) in [6.07, 6.45) is 2.69. The van der Waals surface area contributed by atoms with E-state index in [1.54, 1.807) is 20.5 Å². The van der Waals surface area contributed by atoms with Gasteiger partial charge in [-0.3, -0.25) is 4.90 Å². The van der Waals surface area contributed by atoms with Crippen molar-refractivity contribution < 1.29 is 13.9 Å². The van der Waals surface area contributed by atoms with E-state index >= 15 is 0 Å². The van der Waals surface area contributed by atoms with Gasteiger partial charge in [-0.05, 0) is 53.4 Å². The topological polar surface area (TPSA) is 46.9 Å². The minimum absolute atomic E-state index is 0.00106. The van der Waals surface area contributed by atoms with Crippen LogP contribution in [0.3, 0.4) is 0 Å². The maximum Gasteiger partial charge on any atom is 0.161 e. The van der Waals surface area contributed by atoms with E-state index in [4.69, 9.17) is 13.9 Å². The van der Waals surface area contributed by atoms with Crippen molar-refractivity contribution in [2.75, 3.05) is 26.1 Å². The lowest BCUT2D eigenvalue weighted by Gasteiger charge is -2.46. The van der Waals surface area contributed by atoms with Gasteiger partial charge < -0.3 is 19.2 Å². The molecule has 1 N–H and O–H groups in total. The van der Waals surface area contributed by atoms with Crippen LogP contribution in [0.4, 0.5) is 5.69 Å². The largest absolute Gasteiger partial charge is 0.493 e. The molecule has 2 aromatic carbocycles. The Kier molecular flexibility index (Phi) is 3.83. The number of anilines is 1. The fourth-order valence-corrected chi connectivity index (χ4v) is 4.37. The molecule has 0 saturated heterocycles. The minimum Gasteiger partial charge on any atom is -0.493 e. The number of nitrogens with one attached hydrogen (secondary N) is 1. The van der Waals surface area contributed by atoms with Crippen molar-refractivity contribution in [3.63, 3.8) is 0 Å². The molecule has 3 aromatic rings. The summed E-state index contributed by atoms with van der Waals surface area (Å²) in [6, 6.07) is 16.9. The molecule has 0 fully saturated rings. The van der Waals surface area contributed by atoms with E-state index in [1.165, 1.54) is 16.7 Å². The van der Waals surface area contributed by atoms with Crippen LogP contribution in [0, 0.1) is 0 Å². The lowest BCUT2D eigenvalue weighted by molar-refractivity contribution is 0.137. The van der Waals surface area contributed by atoms with Crippen LogP contribution < -0.4 is 14.8 Å². The highest BCUT2D eigenvalue weighted by Gasteiger charge is 2.40. The van der Waals surface area contributed by atoms with Crippen molar-refractivity contribution in [2.45, 2.75) is 18.6 Å². The monoisotopic (exact) mass is 362 g/mol. The van der Waals surface area contributed by atoms with Crippen LogP contribution in [0.25, 0.3) is 0 Å². The smallest absolute Gasteiger partial charge is 0.161 e. The predicted octanol–water partition coefficient (Wildman–Crippen LogP) is 4.37. The summed E-state index contributed by atoms with van der Waals surface area (Å²) in [5.74, 6) is 2.48. The lowest BCUT2D eigenvalue weighted by Crippen LogP contribution is -2.45. The second-order valence-electron chi connectivity index (χ2n) is 6.95. The van der Waals surface area contributed by atoms with E-state index in [0.717, 1.165) is 35.9 Å². The quantitative estimate of drug-likeness (QED) is 0.750. The van der Waals surface area contributed by atoms with Crippen molar-refractivity contribution >= 4 is 5.69 Å². The fourth-order valence-electron chi connectivity index (χ4n) is 4.37. The zero-order valence-electron chi connectivity index (χ0n) is 15.4. The normalized spacial score (nSPS) is 20.8. The number of hydrogen-bond acceptors (Lipinski definition) is 5. The Balaban J connectivity index is 1.69. The van der Waals surface area contributed by atoms with Crippen LogP contribution in [0.1, 0.15) is 34.7 Å². The molecule has 5 heteroatoms. The number of benzene rings is 2. The molecule has 2 atom stereocenters. The van der Waals surface area contributed by atoms with Gasteiger partial charge in [-0.25, -0.2) is 0 Å². The highest BCUT2D eigenvalue weighted by molar-refractivity contribution is 5.61. The van der Waals surface area contributed by atoms with Gasteiger partial charge in [0.15, 0.2) is 11.5 Å². The zero-order chi connectivity index (χ0) is 18.4. The molecule has 0 spiro atoms. The van der Waals surface area contributed by atoms with E-state index in [-0.39, 0.29) is 12.2 Å². The van der Waals surface area contributed by atoms with Crippen molar-refractivity contribution in [1.29, 1.82) is 0 Å². The third kappa shape index (κ3) is 2.50. The van der Waals surface area contributed by atoms with Gasteiger partial charge in [0.05, 0.1) is 26.5 Å². The van der Waals surface area contributed by atoms with Gasteiger partial charge in [-0.15, -0.1) is 0 Å². The van der Waals surface area contributed by atoms with Crippen LogP contribution in [-0.2, 0) is 6.42 Å². The summed E-state index contributed by atoms with van der Waals surface area (Å²) in [5.41, 5.74) is 4.99. The SMILES string of the molecule is COc1cc2c(cc1OC)[C@@H]1c3ccccc3N[C@@H](c3ccco3)N1CC2. The molecule has 27 heavy (non-hydrogen) atoms. The van der Waals surface area contributed by atoms with Crippen LogP contribution in [0.5, 0.6) is 11.5 Å². The lowest BCUT2D eigenvalue weighted by atomic mass is 9.85. The van der Waals surface area contributed by atoms with Gasteiger partial charge in [0.25, 0.3) is 0 Å². The standard InChI is InChI=1S/C22H22N2O3/c1-25-19-12-14-9-10-24-21(16(14)13-20(19)26-2)15-6-3-4-7-17(15)23-22(24)18-8-5-11-27-18/h3-8,11-13,21-23H,9-10H2,1-2H3/t21-,22+/m0/s1.